The number of halogens is 1. The van der Waals surface area contributed by atoms with Gasteiger partial charge in [0.1, 0.15) is 0 Å². The fraction of sp³-hybridized carbons (Fsp3) is 0.350. The van der Waals surface area contributed by atoms with E-state index in [1.54, 1.807) is 0 Å². The fourth-order valence-electron chi connectivity index (χ4n) is 3.22. The zero-order chi connectivity index (χ0) is 16.9. The molecular weight excluding hydrogens is 320 g/mol. The fourth-order valence-corrected chi connectivity index (χ4v) is 3.43. The van der Waals surface area contributed by atoms with E-state index in [1.807, 2.05) is 24.3 Å². The van der Waals surface area contributed by atoms with Crippen molar-refractivity contribution in [1.82, 2.24) is 10.2 Å². The molecule has 1 aliphatic rings. The molecule has 2 aromatic carbocycles. The van der Waals surface area contributed by atoms with Crippen molar-refractivity contribution < 1.29 is 4.79 Å². The first kappa shape index (κ1) is 17.0. The lowest BCUT2D eigenvalue weighted by molar-refractivity contribution is -0.121. The Morgan fingerprint density at radius 1 is 1.21 bits per heavy atom. The van der Waals surface area contributed by atoms with Gasteiger partial charge in [0.25, 0.3) is 0 Å². The van der Waals surface area contributed by atoms with Crippen molar-refractivity contribution in [3.05, 3.63) is 70.2 Å². The van der Waals surface area contributed by atoms with Crippen LogP contribution in [0.2, 0.25) is 5.02 Å². The van der Waals surface area contributed by atoms with E-state index in [0.29, 0.717) is 19.0 Å². The molecule has 4 heteroatoms. The standard InChI is InChI=1S/C20H23ClN2O/c1-23-14-17-7-3-2-6-16(17)12-19(23)13-22-20(24)10-9-15-5-4-8-18(21)11-15/h2-8,11,19H,9-10,12-14H2,1H3,(H,22,24)/t19-/m1/s1. The highest BCUT2D eigenvalue weighted by atomic mass is 35.5. The molecule has 0 aliphatic carbocycles. The molecule has 3 nitrogen and oxygen atoms in total. The quantitative estimate of drug-likeness (QED) is 0.902. The molecule has 1 aliphatic heterocycles. The number of carbonyl (C=O) groups excluding carboxylic acids is 1. The largest absolute Gasteiger partial charge is 0.355 e. The first-order chi connectivity index (χ1) is 11.6. The third kappa shape index (κ3) is 4.37. The number of likely N-dealkylation sites (N-methyl/N-ethyl adjacent to an activating group) is 1. The van der Waals surface area contributed by atoms with Crippen LogP contribution in [0.3, 0.4) is 0 Å². The predicted molar refractivity (Wildman–Crippen MR) is 98.2 cm³/mol. The number of nitrogens with zero attached hydrogens (tertiary/aromatic N) is 1. The van der Waals surface area contributed by atoms with Gasteiger partial charge in [-0.2, -0.15) is 0 Å². The van der Waals surface area contributed by atoms with Crippen LogP contribution in [0.1, 0.15) is 23.1 Å². The molecule has 1 heterocycles. The second kappa shape index (κ2) is 7.82. The van der Waals surface area contributed by atoms with Gasteiger partial charge in [0.2, 0.25) is 5.91 Å². The van der Waals surface area contributed by atoms with E-state index < -0.39 is 0 Å². The second-order valence-corrected chi connectivity index (χ2v) is 6.91. The van der Waals surface area contributed by atoms with Crippen molar-refractivity contribution >= 4 is 17.5 Å². The first-order valence-corrected chi connectivity index (χ1v) is 8.78. The van der Waals surface area contributed by atoms with E-state index in [1.165, 1.54) is 11.1 Å². The molecule has 1 atom stereocenters. The van der Waals surface area contributed by atoms with E-state index in [-0.39, 0.29) is 5.91 Å². The molecule has 0 bridgehead atoms. The second-order valence-electron chi connectivity index (χ2n) is 6.48. The molecule has 0 fully saturated rings. The average molecular weight is 343 g/mol. The maximum absolute atomic E-state index is 12.1. The lowest BCUT2D eigenvalue weighted by atomic mass is 9.94. The molecule has 126 valence electrons. The monoisotopic (exact) mass is 342 g/mol. The van der Waals surface area contributed by atoms with Gasteiger partial charge in [0.15, 0.2) is 0 Å². The molecule has 1 N–H and O–H groups in total. The van der Waals surface area contributed by atoms with Gasteiger partial charge in [-0.25, -0.2) is 0 Å². The number of hydrogen-bond donors (Lipinski definition) is 1. The summed E-state index contributed by atoms with van der Waals surface area (Å²) in [4.78, 5) is 14.5. The van der Waals surface area contributed by atoms with Crippen molar-refractivity contribution in [1.29, 1.82) is 0 Å². The van der Waals surface area contributed by atoms with Crippen LogP contribution in [0.25, 0.3) is 0 Å². The van der Waals surface area contributed by atoms with Gasteiger partial charge in [-0.1, -0.05) is 48.0 Å². The summed E-state index contributed by atoms with van der Waals surface area (Å²) in [6.07, 6.45) is 2.20. The highest BCUT2D eigenvalue weighted by Gasteiger charge is 2.23. The highest BCUT2D eigenvalue weighted by molar-refractivity contribution is 6.30. The van der Waals surface area contributed by atoms with E-state index in [9.17, 15) is 4.79 Å². The molecule has 2 aromatic rings. The summed E-state index contributed by atoms with van der Waals surface area (Å²) in [5, 5.41) is 3.80. The Kier molecular flexibility index (Phi) is 5.54. The minimum atomic E-state index is 0.0993. The van der Waals surface area contributed by atoms with Gasteiger partial charge in [-0.3, -0.25) is 9.69 Å². The lowest BCUT2D eigenvalue weighted by Crippen LogP contribution is -2.45. The molecule has 0 unspecified atom stereocenters. The number of carbonyl (C=O) groups is 1. The highest BCUT2D eigenvalue weighted by Crippen LogP contribution is 2.21. The molecule has 1 amide bonds. The molecule has 0 saturated carbocycles. The summed E-state index contributed by atoms with van der Waals surface area (Å²) >= 11 is 5.97. The van der Waals surface area contributed by atoms with Gasteiger partial charge in [0, 0.05) is 30.6 Å². The van der Waals surface area contributed by atoms with Crippen LogP contribution < -0.4 is 5.32 Å². The van der Waals surface area contributed by atoms with Crippen LogP contribution >= 0.6 is 11.6 Å². The van der Waals surface area contributed by atoms with E-state index in [2.05, 4.69) is 41.5 Å². The number of nitrogens with one attached hydrogen (secondary N) is 1. The van der Waals surface area contributed by atoms with Gasteiger partial charge < -0.3 is 5.32 Å². The normalized spacial score (nSPS) is 17.3. The van der Waals surface area contributed by atoms with Crippen molar-refractivity contribution in [2.24, 2.45) is 0 Å². The summed E-state index contributed by atoms with van der Waals surface area (Å²) < 4.78 is 0. The van der Waals surface area contributed by atoms with Gasteiger partial charge in [-0.05, 0) is 48.7 Å². The number of hydrogen-bond acceptors (Lipinski definition) is 2. The zero-order valence-electron chi connectivity index (χ0n) is 14.0. The Morgan fingerprint density at radius 3 is 2.79 bits per heavy atom. The average Bonchev–Trinajstić information content (AvgIpc) is 2.58. The summed E-state index contributed by atoms with van der Waals surface area (Å²) in [7, 11) is 2.12. The van der Waals surface area contributed by atoms with Crippen LogP contribution in [0.5, 0.6) is 0 Å². The summed E-state index contributed by atoms with van der Waals surface area (Å²) in [6.45, 7) is 1.64. The number of benzene rings is 2. The smallest absolute Gasteiger partial charge is 0.220 e. The molecule has 3 rings (SSSR count). The lowest BCUT2D eigenvalue weighted by Gasteiger charge is -2.34. The Morgan fingerprint density at radius 2 is 2.00 bits per heavy atom. The molecule has 0 aromatic heterocycles. The summed E-state index contributed by atoms with van der Waals surface area (Å²) in [5.41, 5.74) is 3.89. The van der Waals surface area contributed by atoms with E-state index in [4.69, 9.17) is 11.6 Å². The minimum absolute atomic E-state index is 0.0993. The Hall–Kier alpha value is -1.84. The van der Waals surface area contributed by atoms with Crippen molar-refractivity contribution in [2.45, 2.75) is 31.8 Å². The first-order valence-electron chi connectivity index (χ1n) is 8.40. The van der Waals surface area contributed by atoms with Crippen molar-refractivity contribution in [3.8, 4) is 0 Å². The molecule has 24 heavy (non-hydrogen) atoms. The Labute approximate surface area is 148 Å². The number of fused-ring (bicyclic) bond motifs is 1. The van der Waals surface area contributed by atoms with E-state index in [0.717, 1.165) is 30.0 Å². The molecule has 0 saturated heterocycles. The third-order valence-corrected chi connectivity index (χ3v) is 4.92. The SMILES string of the molecule is CN1Cc2ccccc2C[C@@H]1CNC(=O)CCc1cccc(Cl)c1. The summed E-state index contributed by atoms with van der Waals surface area (Å²) in [6, 6.07) is 16.6. The minimum Gasteiger partial charge on any atom is -0.355 e. The maximum atomic E-state index is 12.1. The molecule has 0 radical (unpaired) electrons. The van der Waals surface area contributed by atoms with Crippen LogP contribution in [0.4, 0.5) is 0 Å². The number of aryl methyl sites for hydroxylation is 1. The molecule has 0 spiro atoms. The van der Waals surface area contributed by atoms with Crippen LogP contribution in [0, 0.1) is 0 Å². The predicted octanol–water partition coefficient (Wildman–Crippen LogP) is 3.45. The number of amides is 1. The van der Waals surface area contributed by atoms with E-state index >= 15 is 0 Å². The van der Waals surface area contributed by atoms with Gasteiger partial charge >= 0.3 is 0 Å². The third-order valence-electron chi connectivity index (χ3n) is 4.68. The summed E-state index contributed by atoms with van der Waals surface area (Å²) in [5.74, 6) is 0.0993. The molecular formula is C20H23ClN2O. The van der Waals surface area contributed by atoms with Crippen LogP contribution in [-0.2, 0) is 24.2 Å². The Balaban J connectivity index is 1.48. The van der Waals surface area contributed by atoms with Gasteiger partial charge in [-0.15, -0.1) is 0 Å². The van der Waals surface area contributed by atoms with Crippen LogP contribution in [0.15, 0.2) is 48.5 Å². The zero-order valence-corrected chi connectivity index (χ0v) is 14.7. The van der Waals surface area contributed by atoms with Crippen molar-refractivity contribution in [3.63, 3.8) is 0 Å². The number of rotatable bonds is 5. The topological polar surface area (TPSA) is 32.3 Å². The Bertz CT molecular complexity index is 716. The van der Waals surface area contributed by atoms with Crippen LogP contribution in [-0.4, -0.2) is 30.4 Å². The van der Waals surface area contributed by atoms with Crippen molar-refractivity contribution in [2.75, 3.05) is 13.6 Å². The van der Waals surface area contributed by atoms with Gasteiger partial charge in [0.05, 0.1) is 0 Å². The maximum Gasteiger partial charge on any atom is 0.220 e.